The minimum atomic E-state index is -1.08. The second-order valence-corrected chi connectivity index (χ2v) is 6.32. The van der Waals surface area contributed by atoms with Crippen LogP contribution in [0.25, 0.3) is 0 Å². The van der Waals surface area contributed by atoms with E-state index in [2.05, 4.69) is 13.8 Å². The van der Waals surface area contributed by atoms with E-state index in [-0.39, 0.29) is 19.1 Å². The van der Waals surface area contributed by atoms with Gasteiger partial charge in [0.2, 0.25) is 0 Å². The first-order valence-corrected chi connectivity index (χ1v) is 8.36. The predicted molar refractivity (Wildman–Crippen MR) is 91.2 cm³/mol. The summed E-state index contributed by atoms with van der Waals surface area (Å²) in [5.74, 6) is 0.115. The first-order valence-electron chi connectivity index (χ1n) is 8.36. The van der Waals surface area contributed by atoms with Crippen LogP contribution in [0.3, 0.4) is 0 Å². The molecule has 1 heterocycles. The standard InChI is InChI=1S/C18H25NO6/c1-12(2)6-8-25-15-5-4-13(10-16(15)23-3)17(20)19-7-9-24-11-14(19)18(21)22/h4-5,10,12,14H,6-9,11H2,1-3H3,(H,21,22). The lowest BCUT2D eigenvalue weighted by Gasteiger charge is -2.33. The van der Waals surface area contributed by atoms with E-state index < -0.39 is 12.0 Å². The summed E-state index contributed by atoms with van der Waals surface area (Å²) in [6, 6.07) is 3.92. The van der Waals surface area contributed by atoms with E-state index in [0.29, 0.717) is 36.2 Å². The van der Waals surface area contributed by atoms with E-state index in [1.54, 1.807) is 18.2 Å². The summed E-state index contributed by atoms with van der Waals surface area (Å²) in [5, 5.41) is 9.27. The van der Waals surface area contributed by atoms with Crippen LogP contribution in [-0.4, -0.2) is 61.4 Å². The molecule has 0 spiro atoms. The highest BCUT2D eigenvalue weighted by Gasteiger charge is 2.33. The van der Waals surface area contributed by atoms with Crippen molar-refractivity contribution in [3.05, 3.63) is 23.8 Å². The largest absolute Gasteiger partial charge is 0.493 e. The molecule has 1 N–H and O–H groups in total. The fraction of sp³-hybridized carbons (Fsp3) is 0.556. The van der Waals surface area contributed by atoms with E-state index in [1.807, 2.05) is 0 Å². The van der Waals surface area contributed by atoms with Crippen molar-refractivity contribution in [2.24, 2.45) is 5.92 Å². The first kappa shape index (κ1) is 19.1. The molecule has 1 fully saturated rings. The summed E-state index contributed by atoms with van der Waals surface area (Å²) < 4.78 is 16.2. The van der Waals surface area contributed by atoms with Crippen LogP contribution >= 0.6 is 0 Å². The normalized spacial score (nSPS) is 17.4. The molecule has 1 saturated heterocycles. The molecule has 0 aromatic heterocycles. The second-order valence-electron chi connectivity index (χ2n) is 6.32. The molecule has 7 heteroatoms. The Balaban J connectivity index is 2.15. The fourth-order valence-corrected chi connectivity index (χ4v) is 2.54. The molecule has 138 valence electrons. The summed E-state index contributed by atoms with van der Waals surface area (Å²) in [6.45, 7) is 5.35. The Morgan fingerprint density at radius 2 is 2.12 bits per heavy atom. The number of carboxylic acids is 1. The van der Waals surface area contributed by atoms with Gasteiger partial charge in [-0.3, -0.25) is 4.79 Å². The average Bonchev–Trinajstić information content (AvgIpc) is 2.61. The van der Waals surface area contributed by atoms with Crippen molar-refractivity contribution in [3.63, 3.8) is 0 Å². The monoisotopic (exact) mass is 351 g/mol. The first-order chi connectivity index (χ1) is 11.9. The number of rotatable bonds is 7. The molecule has 7 nitrogen and oxygen atoms in total. The highest BCUT2D eigenvalue weighted by Crippen LogP contribution is 2.29. The number of amides is 1. The summed E-state index contributed by atoms with van der Waals surface area (Å²) in [7, 11) is 1.51. The molecule has 1 aliphatic heterocycles. The molecule has 1 unspecified atom stereocenters. The maximum absolute atomic E-state index is 12.7. The molecule has 0 bridgehead atoms. The molecule has 1 aliphatic rings. The van der Waals surface area contributed by atoms with Crippen LogP contribution in [0.5, 0.6) is 11.5 Å². The van der Waals surface area contributed by atoms with Crippen LogP contribution in [0.1, 0.15) is 30.6 Å². The van der Waals surface area contributed by atoms with Gasteiger partial charge in [0.15, 0.2) is 17.5 Å². The third kappa shape index (κ3) is 4.85. The maximum atomic E-state index is 12.7. The lowest BCUT2D eigenvalue weighted by atomic mass is 10.1. The lowest BCUT2D eigenvalue weighted by molar-refractivity contribution is -0.147. The van der Waals surface area contributed by atoms with E-state index in [0.717, 1.165) is 6.42 Å². The summed E-state index contributed by atoms with van der Waals surface area (Å²) in [5.41, 5.74) is 0.362. The van der Waals surface area contributed by atoms with Crippen LogP contribution in [0, 0.1) is 5.92 Å². The van der Waals surface area contributed by atoms with Gasteiger partial charge in [-0.15, -0.1) is 0 Å². The number of morpholine rings is 1. The van der Waals surface area contributed by atoms with Crippen molar-refractivity contribution < 1.29 is 28.9 Å². The molecule has 2 rings (SSSR count). The van der Waals surface area contributed by atoms with Crippen molar-refractivity contribution in [2.75, 3.05) is 33.5 Å². The minimum Gasteiger partial charge on any atom is -0.493 e. The van der Waals surface area contributed by atoms with Gasteiger partial charge < -0.3 is 24.2 Å². The van der Waals surface area contributed by atoms with E-state index in [9.17, 15) is 14.7 Å². The number of carboxylic acid groups (broad SMARTS) is 1. The molecule has 1 atom stereocenters. The van der Waals surface area contributed by atoms with Crippen LogP contribution in [-0.2, 0) is 9.53 Å². The van der Waals surface area contributed by atoms with Gasteiger partial charge in [-0.05, 0) is 30.5 Å². The highest BCUT2D eigenvalue weighted by atomic mass is 16.5. The molecular weight excluding hydrogens is 326 g/mol. The molecule has 25 heavy (non-hydrogen) atoms. The van der Waals surface area contributed by atoms with Crippen molar-refractivity contribution in [1.82, 2.24) is 4.90 Å². The van der Waals surface area contributed by atoms with Gasteiger partial charge in [0, 0.05) is 12.1 Å². The molecule has 0 saturated carbocycles. The molecule has 0 aliphatic carbocycles. The van der Waals surface area contributed by atoms with E-state index >= 15 is 0 Å². The summed E-state index contributed by atoms with van der Waals surface area (Å²) in [4.78, 5) is 25.4. The molecule has 1 amide bonds. The number of ether oxygens (including phenoxy) is 3. The Kier molecular flexibility index (Phi) is 6.64. The van der Waals surface area contributed by atoms with Crippen LogP contribution in [0.15, 0.2) is 18.2 Å². The van der Waals surface area contributed by atoms with Gasteiger partial charge in [0.1, 0.15) is 0 Å². The van der Waals surface area contributed by atoms with Gasteiger partial charge in [-0.1, -0.05) is 13.8 Å². The Morgan fingerprint density at radius 1 is 1.36 bits per heavy atom. The van der Waals surface area contributed by atoms with Crippen molar-refractivity contribution in [2.45, 2.75) is 26.3 Å². The zero-order valence-electron chi connectivity index (χ0n) is 14.9. The van der Waals surface area contributed by atoms with Gasteiger partial charge in [0.05, 0.1) is 26.9 Å². The summed E-state index contributed by atoms with van der Waals surface area (Å²) in [6.07, 6.45) is 0.915. The smallest absolute Gasteiger partial charge is 0.328 e. The Morgan fingerprint density at radius 3 is 2.76 bits per heavy atom. The molecule has 1 aromatic carbocycles. The Hall–Kier alpha value is -2.28. The SMILES string of the molecule is COc1cc(C(=O)N2CCOCC2C(=O)O)ccc1OCCC(C)C. The van der Waals surface area contributed by atoms with Crippen LogP contribution in [0.4, 0.5) is 0 Å². The molecule has 1 aromatic rings. The van der Waals surface area contributed by atoms with Crippen molar-refractivity contribution in [3.8, 4) is 11.5 Å². The van der Waals surface area contributed by atoms with Crippen LogP contribution in [0.2, 0.25) is 0 Å². The van der Waals surface area contributed by atoms with Gasteiger partial charge in [0.25, 0.3) is 5.91 Å². The minimum absolute atomic E-state index is 0.00535. The number of nitrogens with zero attached hydrogens (tertiary/aromatic N) is 1. The lowest BCUT2D eigenvalue weighted by Crippen LogP contribution is -2.52. The quantitative estimate of drug-likeness (QED) is 0.809. The third-order valence-corrected chi connectivity index (χ3v) is 4.04. The van der Waals surface area contributed by atoms with Gasteiger partial charge >= 0.3 is 5.97 Å². The highest BCUT2D eigenvalue weighted by molar-refractivity contribution is 5.97. The Bertz CT molecular complexity index is 616. The number of carbonyl (C=O) groups excluding carboxylic acids is 1. The van der Waals surface area contributed by atoms with Gasteiger partial charge in [-0.2, -0.15) is 0 Å². The number of benzene rings is 1. The third-order valence-electron chi connectivity index (χ3n) is 4.04. The zero-order chi connectivity index (χ0) is 18.4. The second kappa shape index (κ2) is 8.71. The topological polar surface area (TPSA) is 85.3 Å². The number of hydrogen-bond donors (Lipinski definition) is 1. The molecule has 0 radical (unpaired) electrons. The summed E-state index contributed by atoms with van der Waals surface area (Å²) >= 11 is 0. The number of aliphatic carboxylic acids is 1. The fourth-order valence-electron chi connectivity index (χ4n) is 2.54. The maximum Gasteiger partial charge on any atom is 0.328 e. The van der Waals surface area contributed by atoms with Crippen LogP contribution < -0.4 is 9.47 Å². The zero-order valence-corrected chi connectivity index (χ0v) is 14.9. The Labute approximate surface area is 147 Å². The number of hydrogen-bond acceptors (Lipinski definition) is 5. The average molecular weight is 351 g/mol. The van der Waals surface area contributed by atoms with Crippen molar-refractivity contribution >= 4 is 11.9 Å². The van der Waals surface area contributed by atoms with Gasteiger partial charge in [-0.25, -0.2) is 4.79 Å². The number of methoxy groups -OCH3 is 1. The number of carbonyl (C=O) groups is 2. The molecular formula is C18H25NO6. The predicted octanol–water partition coefficient (Wildman–Crippen LogP) is 2.05. The van der Waals surface area contributed by atoms with E-state index in [4.69, 9.17) is 14.2 Å². The van der Waals surface area contributed by atoms with E-state index in [1.165, 1.54) is 12.0 Å². The van der Waals surface area contributed by atoms with Crippen molar-refractivity contribution in [1.29, 1.82) is 0 Å².